The van der Waals surface area contributed by atoms with Gasteiger partial charge in [0.05, 0.1) is 24.4 Å². The molecule has 3 amide bonds. The Kier molecular flexibility index (Phi) is 9.70. The summed E-state index contributed by atoms with van der Waals surface area (Å²) in [4.78, 5) is 40.5. The fraction of sp³-hybridized carbons (Fsp3) is 0.226. The highest BCUT2D eigenvalue weighted by Crippen LogP contribution is 2.35. The van der Waals surface area contributed by atoms with Crippen LogP contribution in [0.25, 0.3) is 22.4 Å². The SMILES string of the molecule is CC(C)(CNC(=O)O)c1cccc(C(=O)NCC(=O)Nc2nc(-c3cccc(-c4cc(CO)cc(C(F)(F)F)c4)c3)cs2)c1. The Morgan fingerprint density at radius 2 is 1.61 bits per heavy atom. The lowest BCUT2D eigenvalue weighted by Crippen LogP contribution is -2.36. The first-order chi connectivity index (χ1) is 20.7. The van der Waals surface area contributed by atoms with E-state index >= 15 is 0 Å². The molecule has 0 saturated carbocycles. The van der Waals surface area contributed by atoms with E-state index in [1.807, 2.05) is 13.8 Å². The molecule has 0 aliphatic carbocycles. The Hall–Kier alpha value is -4.75. The van der Waals surface area contributed by atoms with Gasteiger partial charge in [-0.05, 0) is 58.7 Å². The van der Waals surface area contributed by atoms with Gasteiger partial charge in [0.25, 0.3) is 5.91 Å². The van der Waals surface area contributed by atoms with Crippen LogP contribution >= 0.6 is 11.3 Å². The molecular weight excluding hydrogens is 597 g/mol. The summed E-state index contributed by atoms with van der Waals surface area (Å²) in [7, 11) is 0. The van der Waals surface area contributed by atoms with E-state index in [0.29, 0.717) is 22.4 Å². The zero-order valence-corrected chi connectivity index (χ0v) is 24.5. The van der Waals surface area contributed by atoms with Crippen molar-refractivity contribution in [1.82, 2.24) is 15.6 Å². The molecule has 0 aliphatic heterocycles. The summed E-state index contributed by atoms with van der Waals surface area (Å²) in [5.41, 5.74) is 1.62. The molecule has 0 radical (unpaired) electrons. The van der Waals surface area contributed by atoms with Crippen molar-refractivity contribution in [2.24, 2.45) is 0 Å². The molecule has 1 heterocycles. The van der Waals surface area contributed by atoms with Gasteiger partial charge in [-0.25, -0.2) is 9.78 Å². The van der Waals surface area contributed by atoms with E-state index in [-0.39, 0.29) is 29.3 Å². The van der Waals surface area contributed by atoms with Crippen LogP contribution in [0.15, 0.2) is 72.1 Å². The third-order valence-corrected chi connectivity index (χ3v) is 7.50. The highest BCUT2D eigenvalue weighted by atomic mass is 32.1. The molecule has 13 heteroatoms. The molecule has 9 nitrogen and oxygen atoms in total. The summed E-state index contributed by atoms with van der Waals surface area (Å²) < 4.78 is 40.1. The quantitative estimate of drug-likeness (QED) is 0.148. The van der Waals surface area contributed by atoms with E-state index in [2.05, 4.69) is 20.9 Å². The Morgan fingerprint density at radius 1 is 0.886 bits per heavy atom. The van der Waals surface area contributed by atoms with Gasteiger partial charge in [0.1, 0.15) is 0 Å². The van der Waals surface area contributed by atoms with Crippen LogP contribution in [0.3, 0.4) is 0 Å². The third-order valence-electron chi connectivity index (χ3n) is 6.74. The van der Waals surface area contributed by atoms with Crippen molar-refractivity contribution in [3.05, 3.63) is 94.4 Å². The van der Waals surface area contributed by atoms with E-state index < -0.39 is 41.7 Å². The van der Waals surface area contributed by atoms with Gasteiger partial charge in [-0.2, -0.15) is 13.2 Å². The first kappa shape index (κ1) is 32.2. The number of nitrogens with zero attached hydrogens (tertiary/aromatic N) is 1. The molecule has 4 rings (SSSR count). The second-order valence-corrected chi connectivity index (χ2v) is 11.4. The number of rotatable bonds is 10. The number of aliphatic hydroxyl groups excluding tert-OH is 1. The van der Waals surface area contributed by atoms with Gasteiger partial charge < -0.3 is 26.2 Å². The maximum Gasteiger partial charge on any atom is 0.416 e. The normalized spacial score (nSPS) is 11.6. The van der Waals surface area contributed by atoms with E-state index in [1.54, 1.807) is 53.9 Å². The van der Waals surface area contributed by atoms with Crippen LogP contribution in [0, 0.1) is 0 Å². The Morgan fingerprint density at radius 3 is 2.32 bits per heavy atom. The van der Waals surface area contributed by atoms with Gasteiger partial charge in [-0.15, -0.1) is 11.3 Å². The fourth-order valence-corrected chi connectivity index (χ4v) is 5.08. The number of nitrogens with one attached hydrogen (secondary N) is 3. The van der Waals surface area contributed by atoms with E-state index in [0.717, 1.165) is 29.0 Å². The second kappa shape index (κ2) is 13.3. The Balaban J connectivity index is 1.40. The van der Waals surface area contributed by atoms with Crippen LogP contribution in [0.4, 0.5) is 23.1 Å². The lowest BCUT2D eigenvalue weighted by Gasteiger charge is -2.25. The average Bonchev–Trinajstić information content (AvgIpc) is 3.46. The van der Waals surface area contributed by atoms with Crippen molar-refractivity contribution in [2.75, 3.05) is 18.4 Å². The number of thiazole rings is 1. The van der Waals surface area contributed by atoms with Crippen LogP contribution in [0.2, 0.25) is 0 Å². The van der Waals surface area contributed by atoms with Crippen LogP contribution < -0.4 is 16.0 Å². The average molecular weight is 627 g/mol. The van der Waals surface area contributed by atoms with Gasteiger partial charge in [0, 0.05) is 28.5 Å². The minimum Gasteiger partial charge on any atom is -0.465 e. The molecule has 0 bridgehead atoms. The lowest BCUT2D eigenvalue weighted by molar-refractivity contribution is -0.137. The van der Waals surface area contributed by atoms with Gasteiger partial charge in [-0.1, -0.05) is 44.2 Å². The van der Waals surface area contributed by atoms with Gasteiger partial charge in [0.15, 0.2) is 5.13 Å². The molecule has 3 aromatic carbocycles. The fourth-order valence-electron chi connectivity index (χ4n) is 4.34. The Bertz CT molecular complexity index is 1690. The number of carboxylic acid groups (broad SMARTS) is 1. The van der Waals surface area contributed by atoms with Gasteiger partial charge in [0.2, 0.25) is 5.91 Å². The van der Waals surface area contributed by atoms with Crippen molar-refractivity contribution in [3.8, 4) is 22.4 Å². The van der Waals surface area contributed by atoms with E-state index in [1.165, 1.54) is 6.07 Å². The molecule has 1 aromatic heterocycles. The van der Waals surface area contributed by atoms with Crippen molar-refractivity contribution in [1.29, 1.82) is 0 Å². The number of aliphatic hydroxyl groups is 1. The number of carbonyl (C=O) groups is 3. The summed E-state index contributed by atoms with van der Waals surface area (Å²) >= 11 is 1.14. The number of hydrogen-bond acceptors (Lipinski definition) is 6. The van der Waals surface area contributed by atoms with E-state index in [4.69, 9.17) is 5.11 Å². The number of hydrogen-bond donors (Lipinski definition) is 5. The highest BCUT2D eigenvalue weighted by Gasteiger charge is 2.31. The monoisotopic (exact) mass is 626 g/mol. The first-order valence-corrected chi connectivity index (χ1v) is 14.2. The van der Waals surface area contributed by atoms with Gasteiger partial charge in [-0.3, -0.25) is 9.59 Å². The number of aromatic nitrogens is 1. The zero-order valence-electron chi connectivity index (χ0n) is 23.7. The number of anilines is 1. The Labute approximate surface area is 254 Å². The molecule has 0 fully saturated rings. The summed E-state index contributed by atoms with van der Waals surface area (Å²) in [5.74, 6) is -1.00. The van der Waals surface area contributed by atoms with E-state index in [9.17, 15) is 32.7 Å². The van der Waals surface area contributed by atoms with Crippen molar-refractivity contribution in [2.45, 2.75) is 32.0 Å². The number of halogens is 3. The van der Waals surface area contributed by atoms with Crippen LogP contribution in [-0.4, -0.2) is 46.2 Å². The molecule has 0 atom stereocenters. The smallest absolute Gasteiger partial charge is 0.416 e. The largest absolute Gasteiger partial charge is 0.465 e. The second-order valence-electron chi connectivity index (χ2n) is 10.5. The van der Waals surface area contributed by atoms with Crippen molar-refractivity contribution >= 4 is 34.4 Å². The van der Waals surface area contributed by atoms with Gasteiger partial charge >= 0.3 is 12.3 Å². The summed E-state index contributed by atoms with van der Waals surface area (Å²) in [6, 6.07) is 16.8. The summed E-state index contributed by atoms with van der Waals surface area (Å²) in [5, 5.41) is 27.8. The predicted molar refractivity (Wildman–Crippen MR) is 160 cm³/mol. The summed E-state index contributed by atoms with van der Waals surface area (Å²) in [6.07, 6.45) is -5.72. The maximum atomic E-state index is 13.4. The molecule has 0 saturated heterocycles. The molecule has 4 aromatic rings. The minimum absolute atomic E-state index is 0.135. The molecular formula is C31H29F3N4O5S. The molecule has 5 N–H and O–H groups in total. The molecule has 0 spiro atoms. The summed E-state index contributed by atoms with van der Waals surface area (Å²) in [6.45, 7) is 2.95. The topological polar surface area (TPSA) is 141 Å². The molecule has 0 aliphatic rings. The molecule has 44 heavy (non-hydrogen) atoms. The molecule has 0 unspecified atom stereocenters. The van der Waals surface area contributed by atoms with Crippen molar-refractivity contribution in [3.63, 3.8) is 0 Å². The molecule has 230 valence electrons. The zero-order chi connectivity index (χ0) is 32.1. The lowest BCUT2D eigenvalue weighted by atomic mass is 9.84. The minimum atomic E-state index is -4.57. The highest BCUT2D eigenvalue weighted by molar-refractivity contribution is 7.14. The number of benzene rings is 3. The number of alkyl halides is 3. The maximum absolute atomic E-state index is 13.4. The third kappa shape index (κ3) is 8.20. The first-order valence-electron chi connectivity index (χ1n) is 13.3. The van der Waals surface area contributed by atoms with Crippen LogP contribution in [0.1, 0.15) is 40.9 Å². The van der Waals surface area contributed by atoms with Crippen LogP contribution in [0.5, 0.6) is 0 Å². The van der Waals surface area contributed by atoms with Crippen molar-refractivity contribution < 1.29 is 37.8 Å². The predicted octanol–water partition coefficient (Wildman–Crippen LogP) is 5.90. The standard InChI is InChI=1S/C31H29F3N4O5S/c1-30(2,17-36-29(42)43)23-8-4-7-21(12-23)27(41)35-14-26(40)38-28-37-25(16-44-28)20-6-3-5-19(11-20)22-9-18(15-39)10-24(13-22)31(32,33)34/h3-13,16,36,39H,14-15,17H2,1-2H3,(H,35,41)(H,42,43)(H,37,38,40). The number of amides is 3. The number of carbonyl (C=O) groups excluding carboxylic acids is 2. The van der Waals surface area contributed by atoms with Crippen LogP contribution in [-0.2, 0) is 23.0 Å².